The van der Waals surface area contributed by atoms with Crippen LogP contribution >= 0.6 is 0 Å². The monoisotopic (exact) mass is 386 g/mol. The largest absolute Gasteiger partial charge is 0.326 e. The molecule has 0 spiro atoms. The van der Waals surface area contributed by atoms with Crippen LogP contribution in [0.4, 0.5) is 11.4 Å². The number of hydrogen-bond donors (Lipinski definition) is 1. The molecule has 1 N–H and O–H groups in total. The van der Waals surface area contributed by atoms with Crippen LogP contribution < -0.4 is 10.2 Å². The SMILES string of the molecule is Cc1ccc(C)c(NC(=O)CCS(=O)(=O)c2ccc3c(c2)CC(=O)N3C)c1. The van der Waals surface area contributed by atoms with E-state index in [1.807, 2.05) is 32.0 Å². The average Bonchev–Trinajstić information content (AvgIpc) is 2.90. The maximum absolute atomic E-state index is 12.6. The van der Waals surface area contributed by atoms with Gasteiger partial charge >= 0.3 is 0 Å². The summed E-state index contributed by atoms with van der Waals surface area (Å²) in [7, 11) is -1.95. The van der Waals surface area contributed by atoms with Crippen molar-refractivity contribution >= 4 is 33.0 Å². The molecule has 0 saturated carbocycles. The van der Waals surface area contributed by atoms with E-state index in [0.29, 0.717) is 11.3 Å². The van der Waals surface area contributed by atoms with Crippen LogP contribution in [0.15, 0.2) is 41.3 Å². The van der Waals surface area contributed by atoms with Crippen molar-refractivity contribution in [2.75, 3.05) is 23.0 Å². The molecule has 1 aliphatic heterocycles. The van der Waals surface area contributed by atoms with E-state index < -0.39 is 9.84 Å². The van der Waals surface area contributed by atoms with Crippen molar-refractivity contribution in [1.29, 1.82) is 0 Å². The highest BCUT2D eigenvalue weighted by Crippen LogP contribution is 2.30. The fourth-order valence-corrected chi connectivity index (χ4v) is 4.36. The second-order valence-electron chi connectivity index (χ2n) is 6.86. The molecule has 27 heavy (non-hydrogen) atoms. The molecule has 0 aliphatic carbocycles. The molecule has 0 atom stereocenters. The first-order valence-corrected chi connectivity index (χ1v) is 10.3. The van der Waals surface area contributed by atoms with E-state index in [4.69, 9.17) is 0 Å². The summed E-state index contributed by atoms with van der Waals surface area (Å²) in [5, 5.41) is 2.77. The van der Waals surface area contributed by atoms with Gasteiger partial charge in [-0.15, -0.1) is 0 Å². The fourth-order valence-electron chi connectivity index (χ4n) is 3.07. The van der Waals surface area contributed by atoms with Crippen LogP contribution in [-0.4, -0.2) is 33.0 Å². The molecule has 0 radical (unpaired) electrons. The molecule has 1 aliphatic rings. The molecule has 2 amide bonds. The summed E-state index contributed by atoms with van der Waals surface area (Å²) in [5.74, 6) is -0.692. The van der Waals surface area contributed by atoms with Gasteiger partial charge in [-0.2, -0.15) is 0 Å². The van der Waals surface area contributed by atoms with Gasteiger partial charge in [0.15, 0.2) is 9.84 Å². The molecule has 0 bridgehead atoms. The Morgan fingerprint density at radius 3 is 2.63 bits per heavy atom. The quantitative estimate of drug-likeness (QED) is 0.856. The van der Waals surface area contributed by atoms with Crippen molar-refractivity contribution in [1.82, 2.24) is 0 Å². The van der Waals surface area contributed by atoms with Crippen molar-refractivity contribution in [2.24, 2.45) is 0 Å². The summed E-state index contributed by atoms with van der Waals surface area (Å²) >= 11 is 0. The Balaban J connectivity index is 1.69. The minimum Gasteiger partial charge on any atom is -0.326 e. The predicted octanol–water partition coefficient (Wildman–Crippen LogP) is 2.62. The molecule has 142 valence electrons. The average molecular weight is 386 g/mol. The maximum atomic E-state index is 12.6. The lowest BCUT2D eigenvalue weighted by molar-refractivity contribution is -0.117. The number of carbonyl (C=O) groups is 2. The van der Waals surface area contributed by atoms with E-state index >= 15 is 0 Å². The van der Waals surface area contributed by atoms with Gasteiger partial charge in [-0.25, -0.2) is 8.42 Å². The summed E-state index contributed by atoms with van der Waals surface area (Å²) < 4.78 is 25.2. The normalized spacial score (nSPS) is 13.6. The number of benzene rings is 2. The molecule has 0 aromatic heterocycles. The van der Waals surface area contributed by atoms with E-state index in [0.717, 1.165) is 16.8 Å². The first-order chi connectivity index (χ1) is 12.7. The second kappa shape index (κ2) is 7.15. The molecule has 0 saturated heterocycles. The van der Waals surface area contributed by atoms with Gasteiger partial charge in [0.1, 0.15) is 0 Å². The third-order valence-corrected chi connectivity index (χ3v) is 6.47. The van der Waals surface area contributed by atoms with Crippen LogP contribution in [0.25, 0.3) is 0 Å². The number of anilines is 2. The molecule has 0 fully saturated rings. The highest BCUT2D eigenvalue weighted by Gasteiger charge is 2.26. The van der Waals surface area contributed by atoms with E-state index in [1.54, 1.807) is 13.1 Å². The summed E-state index contributed by atoms with van der Waals surface area (Å²) in [5.41, 5.74) is 4.05. The molecule has 2 aromatic rings. The smallest absolute Gasteiger partial charge is 0.231 e. The van der Waals surface area contributed by atoms with Crippen molar-refractivity contribution in [2.45, 2.75) is 31.6 Å². The lowest BCUT2D eigenvalue weighted by Gasteiger charge is -2.11. The topological polar surface area (TPSA) is 83.5 Å². The third-order valence-electron chi connectivity index (χ3n) is 4.75. The molecule has 7 heteroatoms. The summed E-state index contributed by atoms with van der Waals surface area (Å²) in [6.45, 7) is 3.81. The number of sulfone groups is 1. The summed E-state index contributed by atoms with van der Waals surface area (Å²) in [6.07, 6.45) is 0.0634. The van der Waals surface area contributed by atoms with Gasteiger partial charge in [-0.1, -0.05) is 12.1 Å². The van der Waals surface area contributed by atoms with Crippen molar-refractivity contribution in [3.63, 3.8) is 0 Å². The van der Waals surface area contributed by atoms with E-state index in [1.165, 1.54) is 17.0 Å². The number of rotatable bonds is 5. The second-order valence-corrected chi connectivity index (χ2v) is 8.96. The highest BCUT2D eigenvalue weighted by atomic mass is 32.2. The number of aryl methyl sites for hydroxylation is 2. The van der Waals surface area contributed by atoms with E-state index in [-0.39, 0.29) is 35.3 Å². The number of nitrogens with zero attached hydrogens (tertiary/aromatic N) is 1. The van der Waals surface area contributed by atoms with E-state index in [2.05, 4.69) is 5.32 Å². The van der Waals surface area contributed by atoms with Gasteiger partial charge in [0, 0.05) is 24.8 Å². The first-order valence-electron chi connectivity index (χ1n) is 8.67. The fraction of sp³-hybridized carbons (Fsp3) is 0.300. The molecule has 6 nitrogen and oxygen atoms in total. The molecule has 1 heterocycles. The Kier molecular flexibility index (Phi) is 5.06. The first kappa shape index (κ1) is 19.1. The maximum Gasteiger partial charge on any atom is 0.231 e. The Hall–Kier alpha value is -2.67. The zero-order chi connectivity index (χ0) is 19.8. The number of likely N-dealkylation sites (N-methyl/N-ethyl adjacent to an activating group) is 1. The molecule has 2 aromatic carbocycles. The van der Waals surface area contributed by atoms with Gasteiger partial charge in [0.25, 0.3) is 0 Å². The van der Waals surface area contributed by atoms with Crippen molar-refractivity contribution < 1.29 is 18.0 Å². The Morgan fingerprint density at radius 1 is 1.15 bits per heavy atom. The number of carbonyl (C=O) groups excluding carboxylic acids is 2. The van der Waals surface area contributed by atoms with E-state index in [9.17, 15) is 18.0 Å². The third kappa shape index (κ3) is 4.03. The van der Waals surface area contributed by atoms with Gasteiger partial charge in [0.05, 0.1) is 17.1 Å². The van der Waals surface area contributed by atoms with Crippen LogP contribution in [0.3, 0.4) is 0 Å². The number of hydrogen-bond acceptors (Lipinski definition) is 4. The van der Waals surface area contributed by atoms with Crippen LogP contribution in [0.5, 0.6) is 0 Å². The van der Waals surface area contributed by atoms with Gasteiger partial charge in [-0.05, 0) is 54.8 Å². The van der Waals surface area contributed by atoms with Crippen LogP contribution in [0.1, 0.15) is 23.1 Å². The number of amides is 2. The standard InChI is InChI=1S/C20H22N2O4S/c1-13-4-5-14(2)17(10-13)21-19(23)8-9-27(25,26)16-6-7-18-15(11-16)12-20(24)22(18)3/h4-7,10-11H,8-9,12H2,1-3H3,(H,21,23). The lowest BCUT2D eigenvalue weighted by Crippen LogP contribution is -2.20. The molecule has 0 unspecified atom stereocenters. The minimum atomic E-state index is -3.61. The number of fused-ring (bicyclic) bond motifs is 1. The van der Waals surface area contributed by atoms with Gasteiger partial charge in [-0.3, -0.25) is 9.59 Å². The molecular formula is C20H22N2O4S. The van der Waals surface area contributed by atoms with Crippen molar-refractivity contribution in [3.05, 3.63) is 53.1 Å². The zero-order valence-corrected chi connectivity index (χ0v) is 16.4. The van der Waals surface area contributed by atoms with Crippen LogP contribution in [-0.2, 0) is 25.8 Å². The highest BCUT2D eigenvalue weighted by molar-refractivity contribution is 7.91. The summed E-state index contributed by atoms with van der Waals surface area (Å²) in [4.78, 5) is 25.6. The minimum absolute atomic E-state index is 0.0625. The van der Waals surface area contributed by atoms with Crippen LogP contribution in [0.2, 0.25) is 0 Å². The van der Waals surface area contributed by atoms with Gasteiger partial charge < -0.3 is 10.2 Å². The lowest BCUT2D eigenvalue weighted by atomic mass is 10.1. The van der Waals surface area contributed by atoms with Gasteiger partial charge in [0.2, 0.25) is 11.8 Å². The Bertz CT molecular complexity index is 1030. The summed E-state index contributed by atoms with van der Waals surface area (Å²) in [6, 6.07) is 10.4. The van der Waals surface area contributed by atoms with Crippen LogP contribution in [0, 0.1) is 13.8 Å². The number of nitrogens with one attached hydrogen (secondary N) is 1. The Labute approximate surface area is 159 Å². The molecular weight excluding hydrogens is 364 g/mol. The zero-order valence-electron chi connectivity index (χ0n) is 15.6. The molecule has 3 rings (SSSR count). The predicted molar refractivity (Wildman–Crippen MR) is 105 cm³/mol. The van der Waals surface area contributed by atoms with Crippen molar-refractivity contribution in [3.8, 4) is 0 Å². The Morgan fingerprint density at radius 2 is 1.89 bits per heavy atom.